The van der Waals surface area contributed by atoms with Crippen LogP contribution in [0.2, 0.25) is 0 Å². The SMILES string of the molecule is CC.COC(C)(C)C(C)(C)O.Cc1ccc(C)nc1.O=CO. The molecule has 0 radical (unpaired) electrons. The summed E-state index contributed by atoms with van der Waals surface area (Å²) in [4.78, 5) is 12.4. The van der Waals surface area contributed by atoms with Gasteiger partial charge in [0.05, 0.1) is 11.2 Å². The Morgan fingerprint density at radius 3 is 1.68 bits per heavy atom. The van der Waals surface area contributed by atoms with Crippen LogP contribution in [0.15, 0.2) is 18.3 Å². The van der Waals surface area contributed by atoms with E-state index in [0.29, 0.717) is 0 Å². The minimum atomic E-state index is -0.776. The minimum Gasteiger partial charge on any atom is -0.483 e. The van der Waals surface area contributed by atoms with Crippen LogP contribution in [0.5, 0.6) is 0 Å². The smallest absolute Gasteiger partial charge is 0.290 e. The third kappa shape index (κ3) is 13.5. The third-order valence-corrected chi connectivity index (χ3v) is 3.04. The molecule has 0 amide bonds. The van der Waals surface area contributed by atoms with Gasteiger partial charge in [-0.1, -0.05) is 19.9 Å². The van der Waals surface area contributed by atoms with Crippen LogP contribution in [-0.4, -0.2) is 40.0 Å². The first-order valence-corrected chi connectivity index (χ1v) is 7.26. The average Bonchev–Trinajstić information content (AvgIpc) is 2.45. The van der Waals surface area contributed by atoms with E-state index in [1.54, 1.807) is 21.0 Å². The summed E-state index contributed by atoms with van der Waals surface area (Å²) in [6, 6.07) is 4.07. The van der Waals surface area contributed by atoms with Crippen molar-refractivity contribution in [2.45, 2.75) is 66.6 Å². The number of pyridine rings is 1. The molecule has 2 N–H and O–H groups in total. The van der Waals surface area contributed by atoms with E-state index >= 15 is 0 Å². The highest BCUT2D eigenvalue weighted by atomic mass is 16.5. The number of ether oxygens (including phenoxy) is 1. The van der Waals surface area contributed by atoms with Crippen LogP contribution < -0.4 is 0 Å². The molecule has 0 saturated carbocycles. The number of aryl methyl sites for hydroxylation is 2. The molecule has 1 rings (SSSR count). The molecule has 1 aromatic rings. The predicted molar refractivity (Wildman–Crippen MR) is 91.1 cm³/mol. The summed E-state index contributed by atoms with van der Waals surface area (Å²) in [5.41, 5.74) is 1.06. The van der Waals surface area contributed by atoms with Crippen molar-refractivity contribution in [1.82, 2.24) is 4.98 Å². The Hall–Kier alpha value is -1.46. The molecular formula is C17H33NO4. The molecule has 0 fully saturated rings. The van der Waals surface area contributed by atoms with Crippen molar-refractivity contribution >= 4 is 6.47 Å². The lowest BCUT2D eigenvalue weighted by Gasteiger charge is -2.35. The van der Waals surface area contributed by atoms with Crippen molar-refractivity contribution in [3.63, 3.8) is 0 Å². The molecule has 0 aromatic carbocycles. The van der Waals surface area contributed by atoms with Crippen molar-refractivity contribution in [3.05, 3.63) is 29.6 Å². The van der Waals surface area contributed by atoms with Crippen LogP contribution in [0.25, 0.3) is 0 Å². The van der Waals surface area contributed by atoms with E-state index in [0.717, 1.165) is 5.69 Å². The van der Waals surface area contributed by atoms with Gasteiger partial charge in [-0.15, -0.1) is 0 Å². The van der Waals surface area contributed by atoms with Crippen LogP contribution in [0.3, 0.4) is 0 Å². The molecule has 5 heteroatoms. The van der Waals surface area contributed by atoms with Crippen molar-refractivity contribution in [3.8, 4) is 0 Å². The summed E-state index contributed by atoms with van der Waals surface area (Å²) in [6.45, 7) is 14.9. The maximum atomic E-state index is 9.42. The number of aromatic nitrogens is 1. The van der Waals surface area contributed by atoms with E-state index in [2.05, 4.69) is 11.1 Å². The van der Waals surface area contributed by atoms with Gasteiger partial charge in [0.2, 0.25) is 0 Å². The van der Waals surface area contributed by atoms with Gasteiger partial charge in [0.15, 0.2) is 0 Å². The van der Waals surface area contributed by atoms with Gasteiger partial charge >= 0.3 is 0 Å². The standard InChI is InChI=1S/C7H9N.C7H16O2.C2H6.CH2O2/c1-6-3-4-7(2)8-5-6;1-6(2,8)7(3,4)9-5;1-2;2-1-3/h3-5H,1-2H3;8H,1-5H3;1-2H3;1H,(H,2,3). The molecule has 0 aliphatic carbocycles. The number of rotatable bonds is 2. The zero-order valence-electron chi connectivity index (χ0n) is 15.5. The molecule has 1 aromatic heterocycles. The van der Waals surface area contributed by atoms with Crippen LogP contribution in [0, 0.1) is 13.8 Å². The summed E-state index contributed by atoms with van der Waals surface area (Å²) in [5, 5.41) is 16.3. The van der Waals surface area contributed by atoms with Gasteiger partial charge < -0.3 is 14.9 Å². The number of hydrogen-bond donors (Lipinski definition) is 2. The highest BCUT2D eigenvalue weighted by Gasteiger charge is 2.34. The number of methoxy groups -OCH3 is 1. The summed E-state index contributed by atoms with van der Waals surface area (Å²) in [7, 11) is 1.60. The maximum Gasteiger partial charge on any atom is 0.290 e. The average molecular weight is 315 g/mol. The Bertz CT molecular complexity index is 346. The lowest BCUT2D eigenvalue weighted by molar-refractivity contribution is -0.129. The molecule has 0 saturated heterocycles. The number of nitrogens with zero attached hydrogens (tertiary/aromatic N) is 1. The highest BCUT2D eigenvalue weighted by molar-refractivity contribution is 5.32. The number of carboxylic acid groups (broad SMARTS) is 1. The van der Waals surface area contributed by atoms with Gasteiger partial charge in [0.25, 0.3) is 6.47 Å². The molecule has 22 heavy (non-hydrogen) atoms. The fourth-order valence-electron chi connectivity index (χ4n) is 0.792. The zero-order valence-corrected chi connectivity index (χ0v) is 15.5. The molecular weight excluding hydrogens is 282 g/mol. The van der Waals surface area contributed by atoms with Gasteiger partial charge in [0.1, 0.15) is 0 Å². The van der Waals surface area contributed by atoms with Crippen LogP contribution in [-0.2, 0) is 9.53 Å². The fourth-order valence-corrected chi connectivity index (χ4v) is 0.792. The first kappa shape index (κ1) is 25.5. The number of aliphatic hydroxyl groups is 1. The molecule has 0 spiro atoms. The Labute approximate surface area is 135 Å². The first-order chi connectivity index (χ1) is 10.0. The molecule has 0 atom stereocenters. The largest absolute Gasteiger partial charge is 0.483 e. The molecule has 5 nitrogen and oxygen atoms in total. The zero-order chi connectivity index (χ0) is 18.4. The summed E-state index contributed by atoms with van der Waals surface area (Å²) >= 11 is 0. The Kier molecular flexibility index (Phi) is 15.3. The molecule has 130 valence electrons. The summed E-state index contributed by atoms with van der Waals surface area (Å²) in [5.74, 6) is 0. The Morgan fingerprint density at radius 1 is 1.14 bits per heavy atom. The number of carbonyl (C=O) groups is 1. The molecule has 1 heterocycles. The normalized spacial score (nSPS) is 9.91. The second-order valence-corrected chi connectivity index (χ2v) is 5.36. The van der Waals surface area contributed by atoms with Crippen molar-refractivity contribution in [2.75, 3.05) is 7.11 Å². The van der Waals surface area contributed by atoms with Gasteiger partial charge in [-0.25, -0.2) is 0 Å². The maximum absolute atomic E-state index is 9.42. The fraction of sp³-hybridized carbons (Fsp3) is 0.647. The number of hydrogen-bond acceptors (Lipinski definition) is 4. The van der Waals surface area contributed by atoms with Crippen LogP contribution >= 0.6 is 0 Å². The van der Waals surface area contributed by atoms with Crippen molar-refractivity contribution < 1.29 is 19.7 Å². The van der Waals surface area contributed by atoms with E-state index in [-0.39, 0.29) is 6.47 Å². The van der Waals surface area contributed by atoms with Gasteiger partial charge in [0, 0.05) is 19.0 Å². The lowest BCUT2D eigenvalue weighted by atomic mass is 9.90. The summed E-state index contributed by atoms with van der Waals surface area (Å²) < 4.78 is 5.05. The second kappa shape index (κ2) is 13.2. The van der Waals surface area contributed by atoms with Crippen LogP contribution in [0.4, 0.5) is 0 Å². The van der Waals surface area contributed by atoms with E-state index in [1.807, 2.05) is 53.8 Å². The van der Waals surface area contributed by atoms with Gasteiger partial charge in [-0.3, -0.25) is 9.78 Å². The van der Waals surface area contributed by atoms with Gasteiger partial charge in [-0.2, -0.15) is 0 Å². The Balaban J connectivity index is -0.000000255. The quantitative estimate of drug-likeness (QED) is 0.815. The topological polar surface area (TPSA) is 79.7 Å². The lowest BCUT2D eigenvalue weighted by Crippen LogP contribution is -2.46. The predicted octanol–water partition coefficient (Wildman–Crippen LogP) is 3.61. The van der Waals surface area contributed by atoms with Crippen molar-refractivity contribution in [2.24, 2.45) is 0 Å². The van der Waals surface area contributed by atoms with Gasteiger partial charge in [-0.05, 0) is 53.2 Å². The molecule has 0 unspecified atom stereocenters. The minimum absolute atomic E-state index is 0.250. The monoisotopic (exact) mass is 315 g/mol. The first-order valence-electron chi connectivity index (χ1n) is 7.26. The van der Waals surface area contributed by atoms with E-state index in [1.165, 1.54) is 5.56 Å². The highest BCUT2D eigenvalue weighted by Crippen LogP contribution is 2.23. The Morgan fingerprint density at radius 2 is 1.55 bits per heavy atom. The third-order valence-electron chi connectivity index (χ3n) is 3.04. The van der Waals surface area contributed by atoms with E-state index < -0.39 is 11.2 Å². The van der Waals surface area contributed by atoms with E-state index in [4.69, 9.17) is 14.6 Å². The second-order valence-electron chi connectivity index (χ2n) is 5.36. The van der Waals surface area contributed by atoms with Crippen LogP contribution in [0.1, 0.15) is 52.8 Å². The van der Waals surface area contributed by atoms with Crippen molar-refractivity contribution in [1.29, 1.82) is 0 Å². The molecule has 0 aliphatic heterocycles. The summed E-state index contributed by atoms with van der Waals surface area (Å²) in [6.07, 6.45) is 1.87. The van der Waals surface area contributed by atoms with E-state index in [9.17, 15) is 5.11 Å². The molecule has 0 aliphatic rings. The molecule has 0 bridgehead atoms.